The van der Waals surface area contributed by atoms with Crippen molar-refractivity contribution in [3.05, 3.63) is 59.8 Å². The number of nitrogens with zero attached hydrogens (tertiary/aromatic N) is 4. The van der Waals surface area contributed by atoms with Crippen LogP contribution in [0.2, 0.25) is 0 Å². The van der Waals surface area contributed by atoms with Gasteiger partial charge in [0.15, 0.2) is 5.82 Å². The molecule has 3 aromatic rings. The van der Waals surface area contributed by atoms with Gasteiger partial charge in [-0.05, 0) is 37.1 Å². The fourth-order valence-electron chi connectivity index (χ4n) is 3.76. The van der Waals surface area contributed by atoms with Crippen molar-refractivity contribution in [3.8, 4) is 17.3 Å². The van der Waals surface area contributed by atoms with Crippen molar-refractivity contribution in [2.75, 3.05) is 13.1 Å². The molecule has 1 saturated heterocycles. The number of aromatic hydroxyl groups is 1. The van der Waals surface area contributed by atoms with Gasteiger partial charge in [-0.25, -0.2) is 14.8 Å². The Labute approximate surface area is 161 Å². The van der Waals surface area contributed by atoms with E-state index >= 15 is 0 Å². The molecule has 1 aliphatic heterocycles. The number of carboxylic acids is 1. The van der Waals surface area contributed by atoms with Crippen molar-refractivity contribution in [1.82, 2.24) is 24.8 Å². The summed E-state index contributed by atoms with van der Waals surface area (Å²) in [7, 11) is 0. The van der Waals surface area contributed by atoms with E-state index in [2.05, 4.69) is 24.8 Å². The van der Waals surface area contributed by atoms with Crippen LogP contribution in [0.3, 0.4) is 0 Å². The largest absolute Gasteiger partial charge is 0.507 e. The third kappa shape index (κ3) is 3.72. The molecule has 28 heavy (non-hydrogen) atoms. The molecule has 2 aromatic heterocycles. The van der Waals surface area contributed by atoms with Gasteiger partial charge in [0.1, 0.15) is 17.0 Å². The number of imidazole rings is 1. The number of hydrogen-bond donors (Lipinski definition) is 3. The SMILES string of the molecule is O=C(O)c1cc(CN2CCC[C@H](c3nccnc3-c3ncc[nH]3)C2)ccc1O. The molecular formula is C20H21N5O3. The minimum absolute atomic E-state index is 0.0694. The number of aromatic carboxylic acids is 1. The quantitative estimate of drug-likeness (QED) is 0.624. The van der Waals surface area contributed by atoms with Gasteiger partial charge in [-0.15, -0.1) is 0 Å². The van der Waals surface area contributed by atoms with E-state index in [0.717, 1.165) is 42.9 Å². The molecule has 0 bridgehead atoms. The Morgan fingerprint density at radius 2 is 2.07 bits per heavy atom. The number of rotatable bonds is 5. The number of hydrogen-bond acceptors (Lipinski definition) is 6. The van der Waals surface area contributed by atoms with Crippen molar-refractivity contribution < 1.29 is 15.0 Å². The summed E-state index contributed by atoms with van der Waals surface area (Å²) in [4.78, 5) is 30.0. The van der Waals surface area contributed by atoms with Gasteiger partial charge >= 0.3 is 5.97 Å². The van der Waals surface area contributed by atoms with Gasteiger partial charge < -0.3 is 15.2 Å². The highest BCUT2D eigenvalue weighted by Crippen LogP contribution is 2.31. The zero-order valence-corrected chi connectivity index (χ0v) is 15.2. The van der Waals surface area contributed by atoms with E-state index in [1.165, 1.54) is 12.1 Å². The molecule has 0 amide bonds. The molecule has 8 nitrogen and oxygen atoms in total. The molecule has 1 fully saturated rings. The molecule has 1 atom stereocenters. The normalized spacial score (nSPS) is 17.5. The molecule has 144 valence electrons. The first-order chi connectivity index (χ1) is 13.6. The Hall–Kier alpha value is -3.26. The van der Waals surface area contributed by atoms with Gasteiger partial charge in [0, 0.05) is 43.8 Å². The second kappa shape index (κ2) is 7.77. The molecule has 4 rings (SSSR count). The molecule has 0 saturated carbocycles. The topological polar surface area (TPSA) is 115 Å². The van der Waals surface area contributed by atoms with Crippen LogP contribution in [0.1, 0.15) is 40.4 Å². The fourth-order valence-corrected chi connectivity index (χ4v) is 3.76. The number of aromatic amines is 1. The second-order valence-corrected chi connectivity index (χ2v) is 6.96. The Morgan fingerprint density at radius 3 is 2.86 bits per heavy atom. The average molecular weight is 379 g/mol. The maximum atomic E-state index is 11.3. The van der Waals surface area contributed by atoms with Crippen LogP contribution in [-0.4, -0.2) is 54.1 Å². The van der Waals surface area contributed by atoms with Gasteiger partial charge in [-0.3, -0.25) is 9.88 Å². The third-order valence-corrected chi connectivity index (χ3v) is 5.04. The van der Waals surface area contributed by atoms with E-state index in [4.69, 9.17) is 0 Å². The summed E-state index contributed by atoms with van der Waals surface area (Å²) in [6.07, 6.45) is 8.88. The summed E-state index contributed by atoms with van der Waals surface area (Å²) in [5.41, 5.74) is 2.50. The zero-order valence-electron chi connectivity index (χ0n) is 15.2. The molecule has 1 aromatic carbocycles. The third-order valence-electron chi connectivity index (χ3n) is 5.04. The Kier molecular flexibility index (Phi) is 5.03. The van der Waals surface area contributed by atoms with Crippen LogP contribution < -0.4 is 0 Å². The van der Waals surface area contributed by atoms with E-state index in [9.17, 15) is 15.0 Å². The van der Waals surface area contributed by atoms with E-state index in [0.29, 0.717) is 12.4 Å². The van der Waals surface area contributed by atoms with Crippen LogP contribution in [0.25, 0.3) is 11.5 Å². The summed E-state index contributed by atoms with van der Waals surface area (Å²) < 4.78 is 0. The standard InChI is InChI=1S/C20H21N5O3/c26-16-4-3-13(10-15(16)20(27)28)11-25-9-1-2-14(12-25)17-18(22-6-5-21-17)19-23-7-8-24-19/h3-8,10,14,26H,1-2,9,11-12H2,(H,23,24)(H,27,28)/t14-/m0/s1. The number of nitrogens with one attached hydrogen (secondary N) is 1. The lowest BCUT2D eigenvalue weighted by molar-refractivity contribution is 0.0693. The minimum atomic E-state index is -1.13. The zero-order chi connectivity index (χ0) is 19.5. The van der Waals surface area contributed by atoms with Crippen molar-refractivity contribution in [3.63, 3.8) is 0 Å². The highest BCUT2D eigenvalue weighted by molar-refractivity contribution is 5.90. The van der Waals surface area contributed by atoms with Crippen LogP contribution in [0.5, 0.6) is 5.75 Å². The number of carboxylic acid groups (broad SMARTS) is 1. The summed E-state index contributed by atoms with van der Waals surface area (Å²) in [6, 6.07) is 4.75. The maximum Gasteiger partial charge on any atom is 0.339 e. The summed E-state index contributed by atoms with van der Waals surface area (Å²) in [5.74, 6) is -0.405. The summed E-state index contributed by atoms with van der Waals surface area (Å²) in [5, 5.41) is 18.9. The first-order valence-electron chi connectivity index (χ1n) is 9.20. The molecule has 3 N–H and O–H groups in total. The predicted octanol–water partition coefficient (Wildman–Crippen LogP) is 2.65. The van der Waals surface area contributed by atoms with Crippen molar-refractivity contribution >= 4 is 5.97 Å². The van der Waals surface area contributed by atoms with E-state index < -0.39 is 5.97 Å². The number of carbonyl (C=O) groups is 1. The molecule has 3 heterocycles. The Bertz CT molecular complexity index is 974. The van der Waals surface area contributed by atoms with E-state index in [1.807, 2.05) is 0 Å². The number of phenols is 1. The number of H-pyrrole nitrogens is 1. The molecular weight excluding hydrogens is 358 g/mol. The summed E-state index contributed by atoms with van der Waals surface area (Å²) >= 11 is 0. The highest BCUT2D eigenvalue weighted by atomic mass is 16.4. The number of benzene rings is 1. The number of likely N-dealkylation sites (tertiary alicyclic amines) is 1. The van der Waals surface area contributed by atoms with Crippen LogP contribution in [-0.2, 0) is 6.54 Å². The average Bonchev–Trinajstić information content (AvgIpc) is 3.24. The molecule has 0 aliphatic carbocycles. The smallest absolute Gasteiger partial charge is 0.339 e. The highest BCUT2D eigenvalue weighted by Gasteiger charge is 2.26. The molecule has 8 heteroatoms. The first-order valence-corrected chi connectivity index (χ1v) is 9.20. The van der Waals surface area contributed by atoms with Crippen molar-refractivity contribution in [2.45, 2.75) is 25.3 Å². The van der Waals surface area contributed by atoms with Crippen molar-refractivity contribution in [1.29, 1.82) is 0 Å². The Balaban J connectivity index is 1.53. The monoisotopic (exact) mass is 379 g/mol. The van der Waals surface area contributed by atoms with Crippen LogP contribution in [0, 0.1) is 0 Å². The lowest BCUT2D eigenvalue weighted by atomic mass is 9.92. The predicted molar refractivity (Wildman–Crippen MR) is 102 cm³/mol. The van der Waals surface area contributed by atoms with Gasteiger partial charge in [-0.2, -0.15) is 0 Å². The Morgan fingerprint density at radius 1 is 1.21 bits per heavy atom. The van der Waals surface area contributed by atoms with Gasteiger partial charge in [0.25, 0.3) is 0 Å². The van der Waals surface area contributed by atoms with E-state index in [-0.39, 0.29) is 17.2 Å². The molecule has 0 spiro atoms. The number of piperidine rings is 1. The first kappa shape index (κ1) is 18.1. The van der Waals surface area contributed by atoms with Gasteiger partial charge in [-0.1, -0.05) is 6.07 Å². The summed E-state index contributed by atoms with van der Waals surface area (Å²) in [6.45, 7) is 2.35. The van der Waals surface area contributed by atoms with Crippen LogP contribution in [0.4, 0.5) is 0 Å². The van der Waals surface area contributed by atoms with Gasteiger partial charge in [0.2, 0.25) is 0 Å². The van der Waals surface area contributed by atoms with Crippen molar-refractivity contribution in [2.24, 2.45) is 0 Å². The maximum absolute atomic E-state index is 11.3. The lowest BCUT2D eigenvalue weighted by Gasteiger charge is -2.33. The van der Waals surface area contributed by atoms with Crippen LogP contribution in [0.15, 0.2) is 43.0 Å². The molecule has 0 radical (unpaired) electrons. The molecule has 0 unspecified atom stereocenters. The minimum Gasteiger partial charge on any atom is -0.507 e. The lowest BCUT2D eigenvalue weighted by Crippen LogP contribution is -2.34. The number of aromatic nitrogens is 4. The molecule has 1 aliphatic rings. The van der Waals surface area contributed by atoms with E-state index in [1.54, 1.807) is 30.9 Å². The van der Waals surface area contributed by atoms with Crippen LogP contribution >= 0.6 is 0 Å². The van der Waals surface area contributed by atoms with Gasteiger partial charge in [0.05, 0.1) is 5.69 Å². The second-order valence-electron chi connectivity index (χ2n) is 6.96. The fraction of sp³-hybridized carbons (Fsp3) is 0.300.